The third-order valence-corrected chi connectivity index (χ3v) is 5.98. The largest absolute Gasteiger partial charge is 0.363 e. The summed E-state index contributed by atoms with van der Waals surface area (Å²) in [6, 6.07) is 13.0. The molecule has 0 radical (unpaired) electrons. The quantitative estimate of drug-likeness (QED) is 0.674. The second-order valence-electron chi connectivity index (χ2n) is 7.14. The van der Waals surface area contributed by atoms with Crippen molar-refractivity contribution in [3.63, 3.8) is 0 Å². The number of rotatable bonds is 3. The molecule has 2 aromatic carbocycles. The predicted molar refractivity (Wildman–Crippen MR) is 103 cm³/mol. The first-order valence-electron chi connectivity index (χ1n) is 8.81. The van der Waals surface area contributed by atoms with E-state index in [2.05, 4.69) is 9.88 Å². The molecule has 0 amide bonds. The number of hydrogen-bond acceptors (Lipinski definition) is 4. The van der Waals surface area contributed by atoms with E-state index in [4.69, 9.17) is 4.74 Å². The normalized spacial score (nSPS) is 21.6. The van der Waals surface area contributed by atoms with Gasteiger partial charge < -0.3 is 14.6 Å². The van der Waals surface area contributed by atoms with Gasteiger partial charge in [0.15, 0.2) is 0 Å². The topological polar surface area (TPSA) is 82.6 Å². The van der Waals surface area contributed by atoms with Gasteiger partial charge in [-0.25, -0.2) is 0 Å². The fraction of sp³-hybridized carbons (Fsp3) is 0.300. The molecule has 0 aliphatic carbocycles. The Hall–Kier alpha value is -2.19. The first-order chi connectivity index (χ1) is 12.8. The third-order valence-electron chi connectivity index (χ3n) is 5.05. The summed E-state index contributed by atoms with van der Waals surface area (Å²) in [4.78, 5) is 5.24. The van der Waals surface area contributed by atoms with Crippen molar-refractivity contribution in [3.8, 4) is 0 Å². The van der Waals surface area contributed by atoms with Crippen molar-refractivity contribution in [1.82, 2.24) is 9.88 Å². The van der Waals surface area contributed by atoms with Crippen LogP contribution in [0.1, 0.15) is 28.9 Å². The summed E-state index contributed by atoms with van der Waals surface area (Å²) >= 11 is 0. The molecule has 2 unspecified atom stereocenters. The molecular weight excluding hydrogens is 364 g/mol. The van der Waals surface area contributed by atoms with Crippen molar-refractivity contribution in [3.05, 3.63) is 65.4 Å². The van der Waals surface area contributed by atoms with Gasteiger partial charge in [-0.3, -0.25) is 4.55 Å². The molecule has 1 fully saturated rings. The number of benzene rings is 2. The molecule has 2 heterocycles. The summed E-state index contributed by atoms with van der Waals surface area (Å²) < 4.78 is 39.7. The molecule has 0 saturated carbocycles. The number of morpholine rings is 1. The van der Waals surface area contributed by atoms with Gasteiger partial charge in [-0.15, -0.1) is 0 Å². The van der Waals surface area contributed by atoms with Crippen molar-refractivity contribution in [2.45, 2.75) is 24.0 Å². The molecule has 4 rings (SSSR count). The average molecular weight is 386 g/mol. The van der Waals surface area contributed by atoms with Gasteiger partial charge >= 0.3 is 0 Å². The van der Waals surface area contributed by atoms with Crippen LogP contribution in [0.4, 0.5) is 0 Å². The van der Waals surface area contributed by atoms with Gasteiger partial charge in [-0.1, -0.05) is 29.8 Å². The summed E-state index contributed by atoms with van der Waals surface area (Å²) in [5, 5.41) is 1.09. The molecule has 1 saturated heterocycles. The Bertz CT molecular complexity index is 1090. The molecular formula is C20H22N2O4S. The molecule has 27 heavy (non-hydrogen) atoms. The highest BCUT2D eigenvalue weighted by Crippen LogP contribution is 2.37. The Labute approximate surface area is 158 Å². The molecule has 1 aliphatic heterocycles. The van der Waals surface area contributed by atoms with Crippen molar-refractivity contribution < 1.29 is 17.7 Å². The molecule has 3 aromatic rings. The number of aromatic amines is 1. The van der Waals surface area contributed by atoms with E-state index < -0.39 is 16.2 Å². The molecule has 6 nitrogen and oxygen atoms in total. The van der Waals surface area contributed by atoms with E-state index in [1.54, 1.807) is 12.1 Å². The van der Waals surface area contributed by atoms with Crippen LogP contribution >= 0.6 is 0 Å². The number of likely N-dealkylation sites (N-methyl/N-ethyl adjacent to an activating group) is 1. The maximum absolute atomic E-state index is 11.9. The number of hydrogen-bond donors (Lipinski definition) is 2. The van der Waals surface area contributed by atoms with Crippen LogP contribution in [-0.2, 0) is 14.9 Å². The molecule has 2 atom stereocenters. The van der Waals surface area contributed by atoms with Gasteiger partial charge in [-0.2, -0.15) is 8.42 Å². The highest BCUT2D eigenvalue weighted by Gasteiger charge is 2.32. The summed E-state index contributed by atoms with van der Waals surface area (Å²) in [5.41, 5.74) is 3.51. The van der Waals surface area contributed by atoms with Crippen LogP contribution < -0.4 is 0 Å². The summed E-state index contributed by atoms with van der Waals surface area (Å²) in [5.74, 6) is 0. The molecule has 0 spiro atoms. The number of nitrogens with one attached hydrogen (secondary N) is 1. The van der Waals surface area contributed by atoms with Crippen LogP contribution in [-0.4, -0.2) is 43.0 Å². The van der Waals surface area contributed by atoms with E-state index in [1.807, 2.05) is 44.4 Å². The summed E-state index contributed by atoms with van der Waals surface area (Å²) in [7, 11) is -2.34. The minimum absolute atomic E-state index is 0.0907. The zero-order valence-corrected chi connectivity index (χ0v) is 16.0. The summed E-state index contributed by atoms with van der Waals surface area (Å²) in [6.45, 7) is 3.14. The third kappa shape index (κ3) is 3.51. The van der Waals surface area contributed by atoms with Crippen molar-refractivity contribution in [2.24, 2.45) is 0 Å². The van der Waals surface area contributed by atoms with Gasteiger partial charge in [-0.05, 0) is 37.7 Å². The highest BCUT2D eigenvalue weighted by molar-refractivity contribution is 7.85. The number of aryl methyl sites for hydroxylation is 1. The van der Waals surface area contributed by atoms with Crippen LogP contribution in [0.5, 0.6) is 0 Å². The molecule has 7 heteroatoms. The fourth-order valence-corrected chi connectivity index (χ4v) is 4.54. The molecule has 1 aliphatic rings. The van der Waals surface area contributed by atoms with Crippen molar-refractivity contribution >= 4 is 21.0 Å². The minimum Gasteiger partial charge on any atom is -0.363 e. The lowest BCUT2D eigenvalue weighted by molar-refractivity contribution is -0.0832. The molecule has 0 bridgehead atoms. The lowest BCUT2D eigenvalue weighted by Crippen LogP contribution is -2.38. The minimum atomic E-state index is -4.33. The zero-order valence-electron chi connectivity index (χ0n) is 15.2. The number of aromatic nitrogens is 1. The van der Waals surface area contributed by atoms with Gasteiger partial charge in [0.25, 0.3) is 10.1 Å². The predicted octanol–water partition coefficient (Wildman–Crippen LogP) is 3.47. The van der Waals surface area contributed by atoms with E-state index in [9.17, 15) is 13.0 Å². The molecule has 142 valence electrons. The van der Waals surface area contributed by atoms with E-state index in [1.165, 1.54) is 6.07 Å². The van der Waals surface area contributed by atoms with Crippen LogP contribution in [0.25, 0.3) is 10.9 Å². The maximum atomic E-state index is 11.9. The van der Waals surface area contributed by atoms with Gasteiger partial charge in [0.1, 0.15) is 0 Å². The van der Waals surface area contributed by atoms with E-state index in [0.717, 1.165) is 22.0 Å². The lowest BCUT2D eigenvalue weighted by atomic mass is 10.00. The highest BCUT2D eigenvalue weighted by atomic mass is 32.2. The maximum Gasteiger partial charge on any atom is 0.294 e. The lowest BCUT2D eigenvalue weighted by Gasteiger charge is -2.37. The van der Waals surface area contributed by atoms with Gasteiger partial charge in [0, 0.05) is 35.8 Å². The monoisotopic (exact) mass is 386 g/mol. The fourth-order valence-electron chi connectivity index (χ4n) is 3.81. The van der Waals surface area contributed by atoms with Crippen molar-refractivity contribution in [1.29, 1.82) is 0 Å². The summed E-state index contributed by atoms with van der Waals surface area (Å²) in [6.07, 6.45) is 1.23. The Morgan fingerprint density at radius 3 is 2.59 bits per heavy atom. The van der Waals surface area contributed by atoms with Gasteiger partial charge in [0.05, 0.1) is 17.1 Å². The smallest absolute Gasteiger partial charge is 0.294 e. The SMILES string of the molecule is Cc1ccc(S(=O)(=O)O)c(C2CN(C)CC(c3cccc4[nH]ccc34)O2)c1. The first-order valence-corrected chi connectivity index (χ1v) is 10.2. The Kier molecular flexibility index (Phi) is 4.55. The van der Waals surface area contributed by atoms with Gasteiger partial charge in [0.2, 0.25) is 0 Å². The van der Waals surface area contributed by atoms with Crippen molar-refractivity contribution in [2.75, 3.05) is 20.1 Å². The van der Waals surface area contributed by atoms with E-state index >= 15 is 0 Å². The van der Waals surface area contributed by atoms with E-state index in [-0.39, 0.29) is 11.0 Å². The second kappa shape index (κ2) is 6.76. The van der Waals surface area contributed by atoms with E-state index in [0.29, 0.717) is 18.7 Å². The number of ether oxygens (including phenoxy) is 1. The Balaban J connectivity index is 1.76. The van der Waals surface area contributed by atoms with Crippen LogP contribution in [0.2, 0.25) is 0 Å². The molecule has 2 N–H and O–H groups in total. The standard InChI is InChI=1S/C20H22N2O4S/c1-13-6-7-20(27(23,24)25)16(10-13)19-12-22(2)11-18(26-19)15-4-3-5-17-14(15)8-9-21-17/h3-10,18-19,21H,11-12H2,1-2H3,(H,23,24,25). The average Bonchev–Trinajstić information content (AvgIpc) is 3.08. The second-order valence-corrected chi connectivity index (χ2v) is 8.53. The number of nitrogens with zero attached hydrogens (tertiary/aromatic N) is 1. The van der Waals surface area contributed by atoms with Crippen LogP contribution in [0.15, 0.2) is 53.6 Å². The zero-order chi connectivity index (χ0) is 19.2. The number of fused-ring (bicyclic) bond motifs is 1. The first kappa shape index (κ1) is 18.2. The Morgan fingerprint density at radius 1 is 1.11 bits per heavy atom. The Morgan fingerprint density at radius 2 is 1.85 bits per heavy atom. The van der Waals surface area contributed by atoms with Crippen LogP contribution in [0.3, 0.4) is 0 Å². The van der Waals surface area contributed by atoms with Crippen LogP contribution in [0, 0.1) is 6.92 Å². The number of H-pyrrole nitrogens is 1. The molecule has 1 aromatic heterocycles.